The van der Waals surface area contributed by atoms with E-state index < -0.39 is 0 Å². The molecule has 1 aromatic rings. The van der Waals surface area contributed by atoms with Crippen LogP contribution in [0.5, 0.6) is 0 Å². The third-order valence-corrected chi connectivity index (χ3v) is 3.40. The van der Waals surface area contributed by atoms with Gasteiger partial charge in [0.25, 0.3) is 0 Å². The Labute approximate surface area is 102 Å². The van der Waals surface area contributed by atoms with Crippen LogP contribution in [0.25, 0.3) is 0 Å². The maximum absolute atomic E-state index is 9.88. The maximum Gasteiger partial charge on any atom is 0.147 e. The summed E-state index contributed by atoms with van der Waals surface area (Å²) < 4.78 is 2.11. The van der Waals surface area contributed by atoms with Crippen LogP contribution in [0, 0.1) is 12.8 Å². The van der Waals surface area contributed by atoms with Gasteiger partial charge in [-0.3, -0.25) is 4.90 Å². The molecule has 0 aromatic carbocycles. The number of aromatic nitrogens is 3. The van der Waals surface area contributed by atoms with Gasteiger partial charge in [-0.1, -0.05) is 0 Å². The second-order valence-corrected chi connectivity index (χ2v) is 5.01. The molecule has 0 bridgehead atoms. The fourth-order valence-corrected chi connectivity index (χ4v) is 2.21. The van der Waals surface area contributed by atoms with Gasteiger partial charge in [0.15, 0.2) is 0 Å². The Morgan fingerprint density at radius 1 is 1.47 bits per heavy atom. The number of likely N-dealkylation sites (N-methyl/N-ethyl adjacent to an activating group) is 1. The Morgan fingerprint density at radius 2 is 2.18 bits per heavy atom. The summed E-state index contributed by atoms with van der Waals surface area (Å²) in [7, 11) is 2.02. The fraction of sp³-hybridized carbons (Fsp3) is 0.833. The van der Waals surface area contributed by atoms with E-state index in [1.54, 1.807) is 0 Å². The zero-order valence-corrected chi connectivity index (χ0v) is 10.9. The van der Waals surface area contributed by atoms with Crippen molar-refractivity contribution in [1.82, 2.24) is 19.7 Å². The zero-order valence-electron chi connectivity index (χ0n) is 10.9. The summed E-state index contributed by atoms with van der Waals surface area (Å²) in [6.07, 6.45) is 2.18. The van der Waals surface area contributed by atoms with E-state index in [9.17, 15) is 5.11 Å². The number of aryl methyl sites for hydroxylation is 1. The minimum atomic E-state index is -0.181. The molecule has 1 unspecified atom stereocenters. The van der Waals surface area contributed by atoms with Crippen LogP contribution in [0.1, 0.15) is 31.4 Å². The van der Waals surface area contributed by atoms with Crippen molar-refractivity contribution in [3.63, 3.8) is 0 Å². The molecule has 1 aromatic heterocycles. The van der Waals surface area contributed by atoms with Crippen molar-refractivity contribution in [2.24, 2.45) is 5.92 Å². The van der Waals surface area contributed by atoms with Gasteiger partial charge in [0.05, 0.1) is 12.6 Å². The van der Waals surface area contributed by atoms with Gasteiger partial charge in [0, 0.05) is 13.1 Å². The van der Waals surface area contributed by atoms with Gasteiger partial charge in [0.1, 0.15) is 11.6 Å². The van der Waals surface area contributed by atoms with Crippen LogP contribution in [0.3, 0.4) is 0 Å². The molecule has 1 atom stereocenters. The van der Waals surface area contributed by atoms with Crippen LogP contribution in [0.4, 0.5) is 0 Å². The highest BCUT2D eigenvalue weighted by atomic mass is 16.3. The standard InChI is InChI=1S/C12H22N4O/c1-4-16-9(2)13-14-12(16)8-15(3)7-11(17)10-5-6-10/h10-11,17H,4-8H2,1-3H3. The van der Waals surface area contributed by atoms with Crippen LogP contribution in [0.2, 0.25) is 0 Å². The van der Waals surface area contributed by atoms with Gasteiger partial charge in [-0.25, -0.2) is 0 Å². The van der Waals surface area contributed by atoms with Crippen LogP contribution in [-0.2, 0) is 13.1 Å². The highest BCUT2D eigenvalue weighted by Crippen LogP contribution is 2.32. The lowest BCUT2D eigenvalue weighted by molar-refractivity contribution is 0.102. The SMILES string of the molecule is CCn1c(C)nnc1CN(C)CC(O)C1CC1. The van der Waals surface area contributed by atoms with Crippen molar-refractivity contribution < 1.29 is 5.11 Å². The largest absolute Gasteiger partial charge is 0.392 e. The first-order valence-electron chi connectivity index (χ1n) is 6.37. The zero-order chi connectivity index (χ0) is 12.4. The minimum absolute atomic E-state index is 0.181. The van der Waals surface area contributed by atoms with Crippen LogP contribution < -0.4 is 0 Å². The molecule has 0 aliphatic heterocycles. The molecular formula is C12H22N4O. The summed E-state index contributed by atoms with van der Waals surface area (Å²) >= 11 is 0. The second-order valence-electron chi connectivity index (χ2n) is 5.01. The van der Waals surface area contributed by atoms with Gasteiger partial charge in [-0.15, -0.1) is 10.2 Å². The second kappa shape index (κ2) is 5.14. The van der Waals surface area contributed by atoms with Gasteiger partial charge in [0.2, 0.25) is 0 Å². The molecule has 0 spiro atoms. The fourth-order valence-electron chi connectivity index (χ4n) is 2.21. The third-order valence-electron chi connectivity index (χ3n) is 3.40. The van der Waals surface area contributed by atoms with Crippen molar-refractivity contribution in [2.75, 3.05) is 13.6 Å². The number of aliphatic hydroxyl groups excluding tert-OH is 1. The molecular weight excluding hydrogens is 216 g/mol. The van der Waals surface area contributed by atoms with Gasteiger partial charge in [-0.05, 0) is 39.7 Å². The van der Waals surface area contributed by atoms with E-state index in [0.717, 1.165) is 31.3 Å². The lowest BCUT2D eigenvalue weighted by Crippen LogP contribution is -2.31. The lowest BCUT2D eigenvalue weighted by atomic mass is 10.2. The van der Waals surface area contributed by atoms with Crippen molar-refractivity contribution in [1.29, 1.82) is 0 Å². The topological polar surface area (TPSA) is 54.2 Å². The molecule has 0 saturated heterocycles. The molecule has 0 radical (unpaired) electrons. The van der Waals surface area contributed by atoms with Crippen molar-refractivity contribution in [3.05, 3.63) is 11.6 Å². The summed E-state index contributed by atoms with van der Waals surface area (Å²) in [6.45, 7) is 6.43. The minimum Gasteiger partial charge on any atom is -0.392 e. The Kier molecular flexibility index (Phi) is 3.79. The monoisotopic (exact) mass is 238 g/mol. The van der Waals surface area contributed by atoms with E-state index >= 15 is 0 Å². The predicted molar refractivity (Wildman–Crippen MR) is 65.5 cm³/mol. The molecule has 1 saturated carbocycles. The molecule has 1 aliphatic carbocycles. The maximum atomic E-state index is 9.88. The van der Waals surface area contributed by atoms with Crippen molar-refractivity contribution in [3.8, 4) is 0 Å². The molecule has 1 N–H and O–H groups in total. The van der Waals surface area contributed by atoms with E-state index in [1.807, 2.05) is 14.0 Å². The quantitative estimate of drug-likeness (QED) is 0.797. The number of nitrogens with zero attached hydrogens (tertiary/aromatic N) is 4. The predicted octanol–water partition coefficient (Wildman–Crippen LogP) is 0.809. The molecule has 1 heterocycles. The van der Waals surface area contributed by atoms with Crippen LogP contribution >= 0.6 is 0 Å². The van der Waals surface area contributed by atoms with Crippen LogP contribution in [0.15, 0.2) is 0 Å². The van der Waals surface area contributed by atoms with Crippen LogP contribution in [-0.4, -0.2) is 44.5 Å². The first kappa shape index (κ1) is 12.5. The number of hydrogen-bond donors (Lipinski definition) is 1. The van der Waals surface area contributed by atoms with E-state index in [2.05, 4.69) is 26.6 Å². The summed E-state index contributed by atoms with van der Waals surface area (Å²) in [5.41, 5.74) is 0. The highest BCUT2D eigenvalue weighted by Gasteiger charge is 2.30. The van der Waals surface area contributed by atoms with E-state index in [0.29, 0.717) is 5.92 Å². The first-order valence-corrected chi connectivity index (χ1v) is 6.37. The Morgan fingerprint density at radius 3 is 2.76 bits per heavy atom. The Bertz CT molecular complexity index is 373. The molecule has 5 nitrogen and oxygen atoms in total. The summed E-state index contributed by atoms with van der Waals surface area (Å²) in [4.78, 5) is 2.12. The van der Waals surface area contributed by atoms with Gasteiger partial charge in [-0.2, -0.15) is 0 Å². The number of hydrogen-bond acceptors (Lipinski definition) is 4. The first-order chi connectivity index (χ1) is 8.11. The van der Waals surface area contributed by atoms with Crippen molar-refractivity contribution in [2.45, 2.75) is 45.9 Å². The lowest BCUT2D eigenvalue weighted by Gasteiger charge is -2.20. The van der Waals surface area contributed by atoms with E-state index in [-0.39, 0.29) is 6.10 Å². The average molecular weight is 238 g/mol. The number of aliphatic hydroxyl groups is 1. The summed E-state index contributed by atoms with van der Waals surface area (Å²) in [5.74, 6) is 2.47. The number of rotatable bonds is 6. The summed E-state index contributed by atoms with van der Waals surface area (Å²) in [5, 5.41) is 18.2. The highest BCUT2D eigenvalue weighted by molar-refractivity contribution is 4.94. The van der Waals surface area contributed by atoms with Gasteiger partial charge >= 0.3 is 0 Å². The molecule has 2 rings (SSSR count). The van der Waals surface area contributed by atoms with E-state index in [4.69, 9.17) is 0 Å². The normalized spacial score (nSPS) is 17.7. The molecule has 1 aliphatic rings. The Balaban J connectivity index is 1.90. The Hall–Kier alpha value is -0.940. The van der Waals surface area contributed by atoms with E-state index in [1.165, 1.54) is 12.8 Å². The third kappa shape index (κ3) is 3.04. The molecule has 0 amide bonds. The summed E-state index contributed by atoms with van der Waals surface area (Å²) in [6, 6.07) is 0. The molecule has 5 heteroatoms. The molecule has 96 valence electrons. The average Bonchev–Trinajstić information content (AvgIpc) is 3.05. The molecule has 1 fully saturated rings. The van der Waals surface area contributed by atoms with Gasteiger partial charge < -0.3 is 9.67 Å². The smallest absolute Gasteiger partial charge is 0.147 e. The van der Waals surface area contributed by atoms with Crippen molar-refractivity contribution >= 4 is 0 Å². The molecule has 17 heavy (non-hydrogen) atoms.